The first-order valence-electron chi connectivity index (χ1n) is 6.09. The molecule has 0 aliphatic carbocycles. The summed E-state index contributed by atoms with van der Waals surface area (Å²) in [6.45, 7) is 0. The smallest absolute Gasteiger partial charge is 0.268 e. The lowest BCUT2D eigenvalue weighted by Gasteiger charge is -2.11. The highest BCUT2D eigenvalue weighted by Crippen LogP contribution is 2.35. The Hall–Kier alpha value is -2.47. The average Bonchev–Trinajstić information content (AvgIpc) is 2.76. The molecule has 2 amide bonds. The van der Waals surface area contributed by atoms with Crippen LogP contribution in [0.2, 0.25) is 0 Å². The van der Waals surface area contributed by atoms with Gasteiger partial charge in [-0.25, -0.2) is 9.29 Å². The topological polar surface area (TPSA) is 50.3 Å². The maximum absolute atomic E-state index is 12.9. The molecule has 0 N–H and O–H groups in total. The molecule has 1 aliphatic rings. The van der Waals surface area contributed by atoms with Crippen LogP contribution in [0.15, 0.2) is 53.7 Å². The molecule has 1 saturated heterocycles. The summed E-state index contributed by atoms with van der Waals surface area (Å²) in [5, 5.41) is -0.396. The number of benzene rings is 1. The summed E-state index contributed by atoms with van der Waals surface area (Å²) in [6.07, 6.45) is 4.85. The SMILES string of the molecule is O=C1S/C(=C\c2ccncc2)C(=O)N1c1ccc(F)cc1. The van der Waals surface area contributed by atoms with Gasteiger partial charge in [-0.05, 0) is 59.8 Å². The number of amides is 2. The molecule has 0 spiro atoms. The number of rotatable bonds is 2. The third kappa shape index (κ3) is 2.71. The molecule has 6 heteroatoms. The fourth-order valence-corrected chi connectivity index (χ4v) is 2.73. The van der Waals surface area contributed by atoms with Gasteiger partial charge in [0.15, 0.2) is 0 Å². The number of nitrogens with zero attached hydrogens (tertiary/aromatic N) is 2. The van der Waals surface area contributed by atoms with Crippen LogP contribution in [0.5, 0.6) is 0 Å². The Kier molecular flexibility index (Phi) is 3.53. The summed E-state index contributed by atoms with van der Waals surface area (Å²) >= 11 is 0.860. The summed E-state index contributed by atoms with van der Waals surface area (Å²) in [5.74, 6) is -0.827. The molecule has 4 nitrogen and oxygen atoms in total. The molecule has 0 unspecified atom stereocenters. The van der Waals surface area contributed by atoms with Crippen molar-refractivity contribution in [1.82, 2.24) is 4.98 Å². The van der Waals surface area contributed by atoms with Crippen molar-refractivity contribution in [2.24, 2.45) is 0 Å². The van der Waals surface area contributed by atoms with E-state index < -0.39 is 17.0 Å². The van der Waals surface area contributed by atoms with E-state index >= 15 is 0 Å². The minimum absolute atomic E-state index is 0.329. The first-order chi connectivity index (χ1) is 10.1. The summed E-state index contributed by atoms with van der Waals surface area (Å²) in [5.41, 5.74) is 1.15. The normalized spacial score (nSPS) is 16.8. The molecule has 3 rings (SSSR count). The minimum Gasteiger partial charge on any atom is -0.268 e. The number of aromatic nitrogens is 1. The quantitative estimate of drug-likeness (QED) is 0.797. The average molecular weight is 300 g/mol. The van der Waals surface area contributed by atoms with Crippen LogP contribution in [-0.4, -0.2) is 16.1 Å². The maximum Gasteiger partial charge on any atom is 0.298 e. The molecule has 1 aromatic carbocycles. The van der Waals surface area contributed by atoms with Crippen LogP contribution in [0.4, 0.5) is 14.9 Å². The summed E-state index contributed by atoms with van der Waals surface area (Å²) in [7, 11) is 0. The Balaban J connectivity index is 1.92. The van der Waals surface area contributed by atoms with Gasteiger partial charge in [0.05, 0.1) is 10.6 Å². The molecule has 1 aliphatic heterocycles. The second-order valence-corrected chi connectivity index (χ2v) is 5.27. The zero-order valence-electron chi connectivity index (χ0n) is 10.7. The van der Waals surface area contributed by atoms with Crippen LogP contribution in [0.1, 0.15) is 5.56 Å². The lowest BCUT2D eigenvalue weighted by atomic mass is 10.2. The van der Waals surface area contributed by atoms with Crippen LogP contribution in [-0.2, 0) is 4.79 Å². The Bertz CT molecular complexity index is 729. The van der Waals surface area contributed by atoms with Gasteiger partial charge in [0, 0.05) is 12.4 Å². The fourth-order valence-electron chi connectivity index (χ4n) is 1.89. The van der Waals surface area contributed by atoms with E-state index in [0.717, 1.165) is 22.2 Å². The number of halogens is 1. The van der Waals surface area contributed by atoms with Gasteiger partial charge < -0.3 is 0 Å². The number of anilines is 1. The maximum atomic E-state index is 12.9. The first kappa shape index (κ1) is 13.5. The van der Waals surface area contributed by atoms with Crippen LogP contribution < -0.4 is 4.90 Å². The van der Waals surface area contributed by atoms with Crippen LogP contribution in [0, 0.1) is 5.82 Å². The van der Waals surface area contributed by atoms with Crippen molar-refractivity contribution in [3.8, 4) is 0 Å². The number of hydrogen-bond acceptors (Lipinski definition) is 4. The van der Waals surface area contributed by atoms with Crippen molar-refractivity contribution in [2.75, 3.05) is 4.90 Å². The van der Waals surface area contributed by atoms with Gasteiger partial charge in [-0.3, -0.25) is 14.6 Å². The second kappa shape index (κ2) is 5.49. The van der Waals surface area contributed by atoms with Crippen molar-refractivity contribution < 1.29 is 14.0 Å². The number of thioether (sulfide) groups is 1. The van der Waals surface area contributed by atoms with Crippen molar-refractivity contribution >= 4 is 34.7 Å². The van der Waals surface area contributed by atoms with Gasteiger partial charge >= 0.3 is 0 Å². The molecule has 1 fully saturated rings. The van der Waals surface area contributed by atoms with E-state index in [1.807, 2.05) is 0 Å². The fraction of sp³-hybridized carbons (Fsp3) is 0. The molecule has 0 atom stereocenters. The van der Waals surface area contributed by atoms with Crippen molar-refractivity contribution in [3.63, 3.8) is 0 Å². The third-order valence-electron chi connectivity index (χ3n) is 2.88. The summed E-state index contributed by atoms with van der Waals surface area (Å²) in [6, 6.07) is 8.72. The molecule has 1 aromatic heterocycles. The second-order valence-electron chi connectivity index (χ2n) is 4.27. The largest absolute Gasteiger partial charge is 0.298 e. The van der Waals surface area contributed by atoms with E-state index in [0.29, 0.717) is 10.6 Å². The van der Waals surface area contributed by atoms with Gasteiger partial charge in [-0.2, -0.15) is 0 Å². The number of carbonyl (C=O) groups is 2. The van der Waals surface area contributed by atoms with E-state index in [9.17, 15) is 14.0 Å². The Morgan fingerprint density at radius 3 is 2.38 bits per heavy atom. The van der Waals surface area contributed by atoms with E-state index in [2.05, 4.69) is 4.98 Å². The summed E-state index contributed by atoms with van der Waals surface area (Å²) < 4.78 is 12.9. The highest BCUT2D eigenvalue weighted by molar-refractivity contribution is 8.19. The number of imide groups is 1. The Morgan fingerprint density at radius 2 is 1.71 bits per heavy atom. The minimum atomic E-state index is -0.418. The van der Waals surface area contributed by atoms with E-state index in [1.165, 1.54) is 24.3 Å². The molecular weight excluding hydrogens is 291 g/mol. The van der Waals surface area contributed by atoms with E-state index in [1.54, 1.807) is 30.6 Å². The molecule has 104 valence electrons. The molecule has 0 radical (unpaired) electrons. The number of pyridine rings is 1. The van der Waals surface area contributed by atoms with Crippen molar-refractivity contribution in [3.05, 3.63) is 65.1 Å². The zero-order chi connectivity index (χ0) is 14.8. The van der Waals surface area contributed by atoms with E-state index in [4.69, 9.17) is 0 Å². The molecule has 0 bridgehead atoms. The highest BCUT2D eigenvalue weighted by Gasteiger charge is 2.36. The van der Waals surface area contributed by atoms with Crippen LogP contribution in [0.3, 0.4) is 0 Å². The standard InChI is InChI=1S/C15H9FN2O2S/c16-11-1-3-12(4-2-11)18-14(19)13(21-15(18)20)9-10-5-7-17-8-6-10/h1-9H/b13-9-. The molecule has 2 heterocycles. The monoisotopic (exact) mass is 300 g/mol. The van der Waals surface area contributed by atoms with Gasteiger partial charge in [-0.15, -0.1) is 0 Å². The molecule has 2 aromatic rings. The van der Waals surface area contributed by atoms with Crippen LogP contribution >= 0.6 is 11.8 Å². The summed E-state index contributed by atoms with van der Waals surface area (Å²) in [4.78, 5) is 29.6. The lowest BCUT2D eigenvalue weighted by molar-refractivity contribution is -0.113. The first-order valence-corrected chi connectivity index (χ1v) is 6.90. The zero-order valence-corrected chi connectivity index (χ0v) is 11.5. The number of carbonyl (C=O) groups excluding carboxylic acids is 2. The van der Waals surface area contributed by atoms with Crippen LogP contribution in [0.25, 0.3) is 6.08 Å². The lowest BCUT2D eigenvalue weighted by Crippen LogP contribution is -2.27. The van der Waals surface area contributed by atoms with Gasteiger partial charge in [0.2, 0.25) is 0 Å². The van der Waals surface area contributed by atoms with Crippen molar-refractivity contribution in [1.29, 1.82) is 0 Å². The van der Waals surface area contributed by atoms with Gasteiger partial charge in [0.1, 0.15) is 5.82 Å². The predicted octanol–water partition coefficient (Wildman–Crippen LogP) is 3.46. The molecule has 0 saturated carbocycles. The highest BCUT2D eigenvalue weighted by atomic mass is 32.2. The van der Waals surface area contributed by atoms with Gasteiger partial charge in [0.25, 0.3) is 11.1 Å². The Morgan fingerprint density at radius 1 is 1.05 bits per heavy atom. The Labute approximate surface area is 124 Å². The molecule has 21 heavy (non-hydrogen) atoms. The third-order valence-corrected chi connectivity index (χ3v) is 3.75. The van der Waals surface area contributed by atoms with Crippen molar-refractivity contribution in [2.45, 2.75) is 0 Å². The predicted molar refractivity (Wildman–Crippen MR) is 79.1 cm³/mol. The molecular formula is C15H9FN2O2S. The van der Waals surface area contributed by atoms with E-state index in [-0.39, 0.29) is 0 Å². The number of hydrogen-bond donors (Lipinski definition) is 0. The van der Waals surface area contributed by atoms with Gasteiger partial charge in [-0.1, -0.05) is 0 Å².